The molecule has 0 aliphatic heterocycles. The standard InChI is InChI=1S/C15H23FN2O2/c1-4-15(20,5-2)10-18-14(19)17-9-12-7-6-11(3)13(16)8-12/h6-8,20H,4-5,9-10H2,1-3H3,(H2,17,18,19). The zero-order chi connectivity index (χ0) is 15.2. The van der Waals surface area contributed by atoms with E-state index in [1.165, 1.54) is 6.07 Å². The van der Waals surface area contributed by atoms with Gasteiger partial charge in [0, 0.05) is 13.1 Å². The number of aliphatic hydroxyl groups is 1. The van der Waals surface area contributed by atoms with Crippen molar-refractivity contribution < 1.29 is 14.3 Å². The molecule has 0 bridgehead atoms. The number of hydrogen-bond acceptors (Lipinski definition) is 2. The minimum atomic E-state index is -0.868. The third-order valence-corrected chi connectivity index (χ3v) is 3.58. The Morgan fingerprint density at radius 2 is 1.95 bits per heavy atom. The topological polar surface area (TPSA) is 61.4 Å². The van der Waals surface area contributed by atoms with Crippen molar-refractivity contribution in [1.29, 1.82) is 0 Å². The van der Waals surface area contributed by atoms with Crippen molar-refractivity contribution in [2.75, 3.05) is 6.54 Å². The number of urea groups is 1. The van der Waals surface area contributed by atoms with Crippen LogP contribution in [0.4, 0.5) is 9.18 Å². The van der Waals surface area contributed by atoms with Gasteiger partial charge in [0.15, 0.2) is 0 Å². The van der Waals surface area contributed by atoms with Crippen molar-refractivity contribution in [1.82, 2.24) is 10.6 Å². The molecule has 5 heteroatoms. The lowest BCUT2D eigenvalue weighted by Gasteiger charge is -2.25. The highest BCUT2D eigenvalue weighted by molar-refractivity contribution is 5.73. The number of benzene rings is 1. The Kier molecular flexibility index (Phi) is 5.95. The summed E-state index contributed by atoms with van der Waals surface area (Å²) in [6, 6.07) is 4.49. The molecule has 0 fully saturated rings. The Balaban J connectivity index is 2.42. The Morgan fingerprint density at radius 3 is 2.50 bits per heavy atom. The lowest BCUT2D eigenvalue weighted by Crippen LogP contribution is -2.45. The molecule has 20 heavy (non-hydrogen) atoms. The van der Waals surface area contributed by atoms with E-state index in [1.807, 2.05) is 13.8 Å². The number of aryl methyl sites for hydroxylation is 1. The molecule has 0 heterocycles. The van der Waals surface area contributed by atoms with Crippen LogP contribution in [0.5, 0.6) is 0 Å². The minimum Gasteiger partial charge on any atom is -0.388 e. The smallest absolute Gasteiger partial charge is 0.315 e. The first-order valence-electron chi connectivity index (χ1n) is 6.89. The van der Waals surface area contributed by atoms with Crippen LogP contribution in [0.2, 0.25) is 0 Å². The number of hydrogen-bond donors (Lipinski definition) is 3. The second-order valence-corrected chi connectivity index (χ2v) is 5.05. The van der Waals surface area contributed by atoms with Gasteiger partial charge in [0.25, 0.3) is 0 Å². The average Bonchev–Trinajstić information content (AvgIpc) is 2.46. The molecule has 0 aromatic heterocycles. The largest absolute Gasteiger partial charge is 0.388 e. The van der Waals surface area contributed by atoms with Crippen molar-refractivity contribution in [2.24, 2.45) is 0 Å². The molecule has 1 aromatic rings. The van der Waals surface area contributed by atoms with Gasteiger partial charge in [-0.15, -0.1) is 0 Å². The molecule has 0 aliphatic carbocycles. The van der Waals surface area contributed by atoms with Crippen molar-refractivity contribution in [3.05, 3.63) is 35.1 Å². The van der Waals surface area contributed by atoms with Gasteiger partial charge < -0.3 is 15.7 Å². The van der Waals surface area contributed by atoms with E-state index in [-0.39, 0.29) is 24.9 Å². The van der Waals surface area contributed by atoms with Crippen LogP contribution in [0.1, 0.15) is 37.8 Å². The van der Waals surface area contributed by atoms with Crippen LogP contribution in [0.15, 0.2) is 18.2 Å². The van der Waals surface area contributed by atoms with E-state index >= 15 is 0 Å². The first kappa shape index (κ1) is 16.4. The predicted molar refractivity (Wildman–Crippen MR) is 76.9 cm³/mol. The van der Waals surface area contributed by atoms with Crippen molar-refractivity contribution in [2.45, 2.75) is 45.8 Å². The summed E-state index contributed by atoms with van der Waals surface area (Å²) in [6.07, 6.45) is 1.15. The highest BCUT2D eigenvalue weighted by Crippen LogP contribution is 2.12. The number of halogens is 1. The normalized spacial score (nSPS) is 11.2. The molecule has 4 nitrogen and oxygen atoms in total. The second kappa shape index (κ2) is 7.24. The van der Waals surface area contributed by atoms with Crippen LogP contribution in [0, 0.1) is 12.7 Å². The maximum absolute atomic E-state index is 13.3. The Hall–Kier alpha value is -1.62. The van der Waals surface area contributed by atoms with Gasteiger partial charge >= 0.3 is 6.03 Å². The molecule has 1 aromatic carbocycles. The highest BCUT2D eigenvalue weighted by Gasteiger charge is 2.22. The number of carbonyl (C=O) groups is 1. The fourth-order valence-electron chi connectivity index (χ4n) is 1.74. The van der Waals surface area contributed by atoms with Gasteiger partial charge in [0.1, 0.15) is 5.82 Å². The molecule has 0 radical (unpaired) electrons. The first-order valence-corrected chi connectivity index (χ1v) is 6.89. The summed E-state index contributed by atoms with van der Waals surface area (Å²) < 4.78 is 13.3. The quantitative estimate of drug-likeness (QED) is 0.750. The van der Waals surface area contributed by atoms with E-state index in [2.05, 4.69) is 10.6 Å². The Morgan fingerprint density at radius 1 is 1.30 bits per heavy atom. The highest BCUT2D eigenvalue weighted by atomic mass is 19.1. The van der Waals surface area contributed by atoms with Gasteiger partial charge in [-0.2, -0.15) is 0 Å². The number of nitrogens with one attached hydrogen (secondary N) is 2. The lowest BCUT2D eigenvalue weighted by molar-refractivity contribution is 0.0349. The molecular weight excluding hydrogens is 259 g/mol. The number of rotatable bonds is 6. The molecule has 3 N–H and O–H groups in total. The average molecular weight is 282 g/mol. The molecule has 2 amide bonds. The summed E-state index contributed by atoms with van der Waals surface area (Å²) in [5.74, 6) is -0.281. The zero-order valence-electron chi connectivity index (χ0n) is 12.3. The van der Waals surface area contributed by atoms with E-state index in [0.29, 0.717) is 24.0 Å². The number of amides is 2. The molecule has 0 saturated heterocycles. The van der Waals surface area contributed by atoms with Crippen LogP contribution in [-0.2, 0) is 6.54 Å². The second-order valence-electron chi connectivity index (χ2n) is 5.05. The summed E-state index contributed by atoms with van der Waals surface area (Å²) in [6.45, 7) is 5.89. The molecule has 112 valence electrons. The van der Waals surface area contributed by atoms with Gasteiger partial charge in [0.05, 0.1) is 5.60 Å². The summed E-state index contributed by atoms with van der Waals surface area (Å²) >= 11 is 0. The van der Waals surface area contributed by atoms with Gasteiger partial charge in [-0.1, -0.05) is 26.0 Å². The summed E-state index contributed by atoms with van der Waals surface area (Å²) in [5.41, 5.74) is 0.409. The van der Waals surface area contributed by atoms with Gasteiger partial charge in [-0.05, 0) is 37.0 Å². The Bertz CT molecular complexity index is 459. The van der Waals surface area contributed by atoms with E-state index in [0.717, 1.165) is 0 Å². The molecule has 0 aliphatic rings. The molecule has 0 spiro atoms. The predicted octanol–water partition coefficient (Wildman–Crippen LogP) is 2.48. The SMILES string of the molecule is CCC(O)(CC)CNC(=O)NCc1ccc(C)c(F)c1. The molecule has 0 atom stereocenters. The summed E-state index contributed by atoms with van der Waals surface area (Å²) in [5, 5.41) is 15.3. The molecule has 1 rings (SSSR count). The van der Waals surface area contributed by atoms with E-state index in [4.69, 9.17) is 0 Å². The first-order chi connectivity index (χ1) is 9.40. The van der Waals surface area contributed by atoms with E-state index < -0.39 is 5.60 Å². The van der Waals surface area contributed by atoms with Gasteiger partial charge in [-0.25, -0.2) is 9.18 Å². The fourth-order valence-corrected chi connectivity index (χ4v) is 1.74. The fraction of sp³-hybridized carbons (Fsp3) is 0.533. The Labute approximate surface area is 119 Å². The van der Waals surface area contributed by atoms with Crippen LogP contribution in [-0.4, -0.2) is 23.3 Å². The van der Waals surface area contributed by atoms with Crippen LogP contribution >= 0.6 is 0 Å². The van der Waals surface area contributed by atoms with Crippen LogP contribution < -0.4 is 10.6 Å². The third kappa shape index (κ3) is 4.81. The molecule has 0 saturated carbocycles. The van der Waals surface area contributed by atoms with Crippen molar-refractivity contribution >= 4 is 6.03 Å². The van der Waals surface area contributed by atoms with E-state index in [9.17, 15) is 14.3 Å². The number of carbonyl (C=O) groups excluding carboxylic acids is 1. The lowest BCUT2D eigenvalue weighted by atomic mass is 9.98. The van der Waals surface area contributed by atoms with Crippen LogP contribution in [0.3, 0.4) is 0 Å². The summed E-state index contributed by atoms with van der Waals surface area (Å²) in [7, 11) is 0. The zero-order valence-corrected chi connectivity index (χ0v) is 12.3. The van der Waals surface area contributed by atoms with Gasteiger partial charge in [-0.3, -0.25) is 0 Å². The third-order valence-electron chi connectivity index (χ3n) is 3.58. The molecule has 0 unspecified atom stereocenters. The van der Waals surface area contributed by atoms with Crippen molar-refractivity contribution in [3.8, 4) is 0 Å². The maximum Gasteiger partial charge on any atom is 0.315 e. The summed E-state index contributed by atoms with van der Waals surface area (Å²) in [4.78, 5) is 11.6. The monoisotopic (exact) mass is 282 g/mol. The maximum atomic E-state index is 13.3. The van der Waals surface area contributed by atoms with E-state index in [1.54, 1.807) is 19.1 Å². The minimum absolute atomic E-state index is 0.202. The molecular formula is C15H23FN2O2. The van der Waals surface area contributed by atoms with Crippen LogP contribution in [0.25, 0.3) is 0 Å². The van der Waals surface area contributed by atoms with Crippen molar-refractivity contribution in [3.63, 3.8) is 0 Å². The van der Waals surface area contributed by atoms with Gasteiger partial charge in [0.2, 0.25) is 0 Å².